The number of anilines is 1. The number of aromatic nitrogens is 4. The number of methoxy groups -OCH3 is 1. The number of aryl methyl sites for hydroxylation is 1. The Morgan fingerprint density at radius 1 is 0.821 bits per heavy atom. The molecule has 8 heteroatoms. The van der Waals surface area contributed by atoms with E-state index in [1.165, 1.54) is 0 Å². The normalized spacial score (nSPS) is 11.4. The van der Waals surface area contributed by atoms with Gasteiger partial charge in [0.15, 0.2) is 5.82 Å². The third-order valence-electron chi connectivity index (χ3n) is 6.69. The summed E-state index contributed by atoms with van der Waals surface area (Å²) < 4.78 is 5.60. The van der Waals surface area contributed by atoms with E-state index in [4.69, 9.17) is 32.0 Å². The van der Waals surface area contributed by atoms with Gasteiger partial charge in [-0.05, 0) is 43.2 Å². The van der Waals surface area contributed by atoms with Crippen molar-refractivity contribution in [1.29, 1.82) is 0 Å². The highest BCUT2D eigenvalue weighted by atomic mass is 35.5. The van der Waals surface area contributed by atoms with Crippen molar-refractivity contribution in [3.05, 3.63) is 82.6 Å². The number of fused-ring (bicyclic) bond motifs is 1. The maximum absolute atomic E-state index is 7.06. The third-order valence-corrected chi connectivity index (χ3v) is 7.10. The summed E-state index contributed by atoms with van der Waals surface area (Å²) >= 11 is 7.06. The summed E-state index contributed by atoms with van der Waals surface area (Å²) in [6.45, 7) is 8.79. The van der Waals surface area contributed by atoms with Crippen molar-refractivity contribution in [2.75, 3.05) is 12.8 Å². The van der Waals surface area contributed by atoms with Crippen LogP contribution in [0, 0.1) is 13.8 Å². The largest absolute Gasteiger partial charge is 0.481 e. The molecule has 0 atom stereocenters. The van der Waals surface area contributed by atoms with Gasteiger partial charge in [-0.2, -0.15) is 0 Å². The van der Waals surface area contributed by atoms with E-state index in [1.54, 1.807) is 7.11 Å². The predicted molar refractivity (Wildman–Crippen MR) is 159 cm³/mol. The van der Waals surface area contributed by atoms with Crippen LogP contribution in [-0.2, 0) is 6.54 Å². The van der Waals surface area contributed by atoms with Crippen LogP contribution in [0.5, 0.6) is 5.88 Å². The van der Waals surface area contributed by atoms with E-state index in [9.17, 15) is 0 Å². The number of ether oxygens (including phenoxy) is 1. The molecule has 2 aromatic carbocycles. The molecule has 39 heavy (non-hydrogen) atoms. The quantitative estimate of drug-likeness (QED) is 0.235. The zero-order valence-electron chi connectivity index (χ0n) is 22.7. The van der Waals surface area contributed by atoms with Crippen LogP contribution in [0.1, 0.15) is 30.8 Å². The number of rotatable bonds is 7. The van der Waals surface area contributed by atoms with Gasteiger partial charge in [-0.1, -0.05) is 67.9 Å². The molecule has 0 amide bonds. The highest BCUT2D eigenvalue weighted by Gasteiger charge is 2.17. The van der Waals surface area contributed by atoms with Crippen LogP contribution in [0.3, 0.4) is 0 Å². The van der Waals surface area contributed by atoms with Gasteiger partial charge in [0.2, 0.25) is 5.88 Å². The Kier molecular flexibility index (Phi) is 7.46. The first kappa shape index (κ1) is 26.5. The Bertz CT molecular complexity index is 1680. The molecule has 0 aliphatic carbocycles. The van der Waals surface area contributed by atoms with Crippen molar-refractivity contribution in [1.82, 2.24) is 25.3 Å². The summed E-state index contributed by atoms with van der Waals surface area (Å²) in [5.41, 5.74) is 14.8. The number of hydrogen-bond acceptors (Lipinski definition) is 7. The molecule has 0 saturated carbocycles. The van der Waals surface area contributed by atoms with Crippen molar-refractivity contribution in [3.8, 4) is 39.5 Å². The topological polar surface area (TPSA) is 98.8 Å². The molecule has 0 saturated heterocycles. The molecule has 0 spiro atoms. The second kappa shape index (κ2) is 11.0. The van der Waals surface area contributed by atoms with E-state index in [2.05, 4.69) is 42.1 Å². The maximum atomic E-state index is 7.06. The lowest BCUT2D eigenvalue weighted by Crippen LogP contribution is -2.22. The van der Waals surface area contributed by atoms with Gasteiger partial charge in [-0.25, -0.2) is 19.9 Å². The van der Waals surface area contributed by atoms with Crippen molar-refractivity contribution in [2.45, 2.75) is 40.3 Å². The minimum atomic E-state index is 0.360. The van der Waals surface area contributed by atoms with E-state index in [0.717, 1.165) is 50.3 Å². The summed E-state index contributed by atoms with van der Waals surface area (Å²) in [6, 6.07) is 20.4. The van der Waals surface area contributed by atoms with Crippen LogP contribution >= 0.6 is 11.6 Å². The van der Waals surface area contributed by atoms with Crippen LogP contribution in [-0.4, -0.2) is 33.1 Å². The van der Waals surface area contributed by atoms with E-state index in [1.807, 2.05) is 61.5 Å². The first-order valence-corrected chi connectivity index (χ1v) is 13.2. The molecular weight excluding hydrogens is 508 g/mol. The number of nitrogens with two attached hydrogens (primary N) is 1. The second-order valence-corrected chi connectivity index (χ2v) is 10.1. The molecule has 0 aliphatic rings. The molecule has 0 radical (unpaired) electrons. The van der Waals surface area contributed by atoms with Crippen LogP contribution < -0.4 is 15.8 Å². The number of nitrogen functional groups attached to an aromatic ring is 1. The monoisotopic (exact) mass is 538 g/mol. The fourth-order valence-electron chi connectivity index (χ4n) is 4.69. The van der Waals surface area contributed by atoms with Crippen LogP contribution in [0.15, 0.2) is 60.7 Å². The van der Waals surface area contributed by atoms with E-state index in [-0.39, 0.29) is 0 Å². The predicted octanol–water partition coefficient (Wildman–Crippen LogP) is 6.78. The van der Waals surface area contributed by atoms with Crippen LogP contribution in [0.4, 0.5) is 5.82 Å². The standard InChI is InChI=1S/C31H31ClN6O/c1-17(2)34-16-20-12-13-26(38-31(20)39-5)24-11-7-10-23(28(24)32)21-8-6-9-22(18(21)3)25-14-15-27-29(37-25)30(33)36-19(4)35-27/h6-15,17,34H,16H2,1-5H3,(H2,33,35,36). The van der Waals surface area contributed by atoms with Crippen LogP contribution in [0.2, 0.25) is 5.02 Å². The van der Waals surface area contributed by atoms with Crippen molar-refractivity contribution in [3.63, 3.8) is 0 Å². The fraction of sp³-hybridized carbons (Fsp3) is 0.226. The molecule has 3 N–H and O–H groups in total. The minimum absolute atomic E-state index is 0.360. The summed E-state index contributed by atoms with van der Waals surface area (Å²) in [7, 11) is 1.64. The highest BCUT2D eigenvalue weighted by molar-refractivity contribution is 6.36. The number of nitrogens with zero attached hydrogens (tertiary/aromatic N) is 4. The SMILES string of the molecule is COc1nc(-c2cccc(-c3cccc(-c4ccc5nc(C)nc(N)c5n4)c3C)c2Cl)ccc1CNC(C)C. The lowest BCUT2D eigenvalue weighted by atomic mass is 9.93. The van der Waals surface area contributed by atoms with Gasteiger partial charge in [0.1, 0.15) is 11.3 Å². The Hall–Kier alpha value is -4.07. The molecular formula is C31H31ClN6O. The number of hydrogen-bond donors (Lipinski definition) is 2. The van der Waals surface area contributed by atoms with E-state index >= 15 is 0 Å². The highest BCUT2D eigenvalue weighted by Crippen LogP contribution is 2.40. The summed E-state index contributed by atoms with van der Waals surface area (Å²) in [4.78, 5) is 18.3. The molecule has 198 valence electrons. The fourth-order valence-corrected chi connectivity index (χ4v) is 5.02. The van der Waals surface area contributed by atoms with Crippen molar-refractivity contribution >= 4 is 28.5 Å². The van der Waals surface area contributed by atoms with Gasteiger partial charge in [-0.15, -0.1) is 0 Å². The summed E-state index contributed by atoms with van der Waals surface area (Å²) in [5.74, 6) is 1.58. The minimum Gasteiger partial charge on any atom is -0.481 e. The third kappa shape index (κ3) is 5.28. The lowest BCUT2D eigenvalue weighted by Gasteiger charge is -2.16. The Morgan fingerprint density at radius 3 is 2.23 bits per heavy atom. The molecule has 3 aromatic heterocycles. The Labute approximate surface area is 233 Å². The zero-order chi connectivity index (χ0) is 27.7. The smallest absolute Gasteiger partial charge is 0.218 e. The molecule has 0 aliphatic heterocycles. The van der Waals surface area contributed by atoms with Crippen molar-refractivity contribution < 1.29 is 4.74 Å². The van der Waals surface area contributed by atoms with E-state index in [0.29, 0.717) is 40.6 Å². The molecule has 3 heterocycles. The average Bonchev–Trinajstić information content (AvgIpc) is 2.92. The zero-order valence-corrected chi connectivity index (χ0v) is 23.5. The number of benzene rings is 2. The summed E-state index contributed by atoms with van der Waals surface area (Å²) in [5, 5.41) is 4.04. The number of nitrogens with one attached hydrogen (secondary N) is 1. The Morgan fingerprint density at radius 2 is 1.49 bits per heavy atom. The number of pyridine rings is 2. The molecule has 7 nitrogen and oxygen atoms in total. The van der Waals surface area contributed by atoms with Gasteiger partial charge in [0.05, 0.1) is 29.0 Å². The Balaban J connectivity index is 1.56. The summed E-state index contributed by atoms with van der Waals surface area (Å²) in [6.07, 6.45) is 0. The average molecular weight is 539 g/mol. The lowest BCUT2D eigenvalue weighted by molar-refractivity contribution is 0.390. The number of halogens is 1. The molecule has 5 aromatic rings. The van der Waals surface area contributed by atoms with Gasteiger partial charge in [0.25, 0.3) is 0 Å². The molecule has 0 bridgehead atoms. The second-order valence-electron chi connectivity index (χ2n) is 9.77. The molecule has 0 fully saturated rings. The first-order chi connectivity index (χ1) is 18.8. The van der Waals surface area contributed by atoms with E-state index < -0.39 is 0 Å². The van der Waals surface area contributed by atoms with Gasteiger partial charge >= 0.3 is 0 Å². The van der Waals surface area contributed by atoms with Gasteiger partial charge in [0, 0.05) is 34.8 Å². The van der Waals surface area contributed by atoms with Crippen molar-refractivity contribution in [2.24, 2.45) is 0 Å². The van der Waals surface area contributed by atoms with Crippen LogP contribution in [0.25, 0.3) is 44.7 Å². The molecule has 5 rings (SSSR count). The van der Waals surface area contributed by atoms with Gasteiger partial charge in [-0.3, -0.25) is 0 Å². The van der Waals surface area contributed by atoms with Gasteiger partial charge < -0.3 is 15.8 Å². The molecule has 0 unspecified atom stereocenters. The first-order valence-electron chi connectivity index (χ1n) is 12.8. The maximum Gasteiger partial charge on any atom is 0.218 e.